The molecule has 4 nitrogen and oxygen atoms in total. The first-order valence-corrected chi connectivity index (χ1v) is 9.12. The van der Waals surface area contributed by atoms with Gasteiger partial charge in [-0.05, 0) is 56.4 Å². The molecule has 118 valence electrons. The van der Waals surface area contributed by atoms with E-state index < -0.39 is 10.0 Å². The Morgan fingerprint density at radius 3 is 2.29 bits per heavy atom. The van der Waals surface area contributed by atoms with Crippen molar-refractivity contribution in [2.45, 2.75) is 64.3 Å². The second-order valence-corrected chi connectivity index (χ2v) is 7.84. The van der Waals surface area contributed by atoms with Crippen LogP contribution >= 0.6 is 0 Å². The first-order chi connectivity index (χ1) is 9.80. The Morgan fingerprint density at radius 1 is 1.19 bits per heavy atom. The molecule has 2 N–H and O–H groups in total. The molecule has 0 aliphatic heterocycles. The highest BCUT2D eigenvalue weighted by Crippen LogP contribution is 2.34. The van der Waals surface area contributed by atoms with Gasteiger partial charge in [-0.1, -0.05) is 19.8 Å². The summed E-state index contributed by atoms with van der Waals surface area (Å²) >= 11 is 0. The second kappa shape index (κ2) is 5.97. The third-order valence-electron chi connectivity index (χ3n) is 4.69. The van der Waals surface area contributed by atoms with Crippen LogP contribution < -0.4 is 5.73 Å². The first kappa shape index (κ1) is 16.3. The van der Waals surface area contributed by atoms with Gasteiger partial charge in [0.2, 0.25) is 10.0 Å². The number of nitrogens with zero attached hydrogens (tertiary/aromatic N) is 1. The summed E-state index contributed by atoms with van der Waals surface area (Å²) in [6, 6.07) is 2.00. The predicted octanol–water partition coefficient (Wildman–Crippen LogP) is 3.15. The van der Waals surface area contributed by atoms with Crippen LogP contribution in [0, 0.1) is 20.8 Å². The summed E-state index contributed by atoms with van der Waals surface area (Å²) in [5, 5.41) is 0. The van der Waals surface area contributed by atoms with Crippen molar-refractivity contribution in [1.29, 1.82) is 0 Å². The van der Waals surface area contributed by atoms with Crippen molar-refractivity contribution in [1.82, 2.24) is 4.31 Å². The van der Waals surface area contributed by atoms with Crippen LogP contribution in [-0.2, 0) is 10.0 Å². The number of rotatable bonds is 4. The highest BCUT2D eigenvalue weighted by Gasteiger charge is 2.34. The minimum Gasteiger partial charge on any atom is -0.398 e. The summed E-state index contributed by atoms with van der Waals surface area (Å²) in [5.74, 6) is 0. The number of anilines is 1. The smallest absolute Gasteiger partial charge is 0.243 e. The molecule has 1 aliphatic carbocycles. The number of nitrogen functional groups attached to an aromatic ring is 1. The monoisotopic (exact) mass is 310 g/mol. The highest BCUT2D eigenvalue weighted by molar-refractivity contribution is 7.89. The van der Waals surface area contributed by atoms with Gasteiger partial charge in [-0.25, -0.2) is 8.42 Å². The van der Waals surface area contributed by atoms with E-state index in [1.807, 2.05) is 26.8 Å². The maximum atomic E-state index is 13.2. The first-order valence-electron chi connectivity index (χ1n) is 7.68. The predicted molar refractivity (Wildman–Crippen MR) is 86.9 cm³/mol. The van der Waals surface area contributed by atoms with Gasteiger partial charge in [0, 0.05) is 18.3 Å². The number of hydrogen-bond acceptors (Lipinski definition) is 3. The van der Waals surface area contributed by atoms with Gasteiger partial charge in [0.25, 0.3) is 0 Å². The van der Waals surface area contributed by atoms with Crippen LogP contribution in [0.1, 0.15) is 49.3 Å². The Bertz CT molecular complexity index is 606. The highest BCUT2D eigenvalue weighted by atomic mass is 32.2. The molecule has 2 rings (SSSR count). The van der Waals surface area contributed by atoms with E-state index in [1.165, 1.54) is 0 Å². The molecule has 0 saturated heterocycles. The fraction of sp³-hybridized carbons (Fsp3) is 0.625. The van der Waals surface area contributed by atoms with Gasteiger partial charge in [-0.15, -0.1) is 0 Å². The average Bonchev–Trinajstić information content (AvgIpc) is 2.90. The maximum absolute atomic E-state index is 13.2. The molecule has 1 aromatic rings. The van der Waals surface area contributed by atoms with Crippen LogP contribution in [0.3, 0.4) is 0 Å². The molecule has 1 aromatic carbocycles. The van der Waals surface area contributed by atoms with Gasteiger partial charge in [-0.2, -0.15) is 4.31 Å². The Balaban J connectivity index is 2.58. The zero-order valence-corrected chi connectivity index (χ0v) is 14.3. The van der Waals surface area contributed by atoms with Crippen LogP contribution in [0.2, 0.25) is 0 Å². The van der Waals surface area contributed by atoms with E-state index in [1.54, 1.807) is 11.2 Å². The quantitative estimate of drug-likeness (QED) is 0.869. The standard InChI is InChI=1S/C16H26N2O2S/c1-5-18(14-8-6-7-9-14)21(19,20)16-12(3)11(2)10-15(17)13(16)4/h10,14H,5-9,17H2,1-4H3. The van der Waals surface area contributed by atoms with Crippen molar-refractivity contribution in [3.8, 4) is 0 Å². The van der Waals surface area contributed by atoms with Crippen molar-refractivity contribution in [2.75, 3.05) is 12.3 Å². The molecule has 1 saturated carbocycles. The van der Waals surface area contributed by atoms with Crippen molar-refractivity contribution in [2.24, 2.45) is 0 Å². The molecule has 0 unspecified atom stereocenters. The third kappa shape index (κ3) is 2.81. The molecule has 0 atom stereocenters. The minimum atomic E-state index is -3.49. The zero-order chi connectivity index (χ0) is 15.8. The van der Waals surface area contributed by atoms with Crippen LogP contribution in [0.15, 0.2) is 11.0 Å². The molecular weight excluding hydrogens is 284 g/mol. The Morgan fingerprint density at radius 2 is 1.76 bits per heavy atom. The van der Waals surface area contributed by atoms with E-state index in [9.17, 15) is 8.42 Å². The molecule has 0 aromatic heterocycles. The Kier molecular flexibility index (Phi) is 4.63. The minimum absolute atomic E-state index is 0.139. The van der Waals surface area contributed by atoms with Crippen molar-refractivity contribution < 1.29 is 8.42 Å². The molecule has 1 fully saturated rings. The number of benzene rings is 1. The normalized spacial score (nSPS) is 16.8. The van der Waals surface area contributed by atoms with Crippen molar-refractivity contribution in [3.63, 3.8) is 0 Å². The van der Waals surface area contributed by atoms with Gasteiger partial charge in [-0.3, -0.25) is 0 Å². The summed E-state index contributed by atoms with van der Waals surface area (Å²) in [6.45, 7) is 8.02. The second-order valence-electron chi connectivity index (χ2n) is 6.01. The molecule has 1 aliphatic rings. The number of hydrogen-bond donors (Lipinski definition) is 1. The van der Waals surface area contributed by atoms with E-state index in [4.69, 9.17) is 5.73 Å². The van der Waals surface area contributed by atoms with Crippen molar-refractivity contribution in [3.05, 3.63) is 22.8 Å². The molecule has 0 amide bonds. The lowest BCUT2D eigenvalue weighted by Gasteiger charge is -2.29. The fourth-order valence-electron chi connectivity index (χ4n) is 3.36. The fourth-order valence-corrected chi connectivity index (χ4v) is 5.59. The van der Waals surface area contributed by atoms with Crippen LogP contribution in [0.5, 0.6) is 0 Å². The summed E-state index contributed by atoms with van der Waals surface area (Å²) in [5.41, 5.74) is 8.98. The van der Waals surface area contributed by atoms with Gasteiger partial charge in [0.05, 0.1) is 4.90 Å². The van der Waals surface area contributed by atoms with Crippen LogP contribution in [-0.4, -0.2) is 25.3 Å². The molecule has 21 heavy (non-hydrogen) atoms. The molecule has 0 radical (unpaired) electrons. The third-order valence-corrected chi connectivity index (χ3v) is 6.99. The van der Waals surface area contributed by atoms with E-state index in [-0.39, 0.29) is 6.04 Å². The molecule has 5 heteroatoms. The summed E-state index contributed by atoms with van der Waals surface area (Å²) < 4.78 is 28.0. The van der Waals surface area contributed by atoms with Gasteiger partial charge in [0.15, 0.2) is 0 Å². The van der Waals surface area contributed by atoms with Crippen molar-refractivity contribution >= 4 is 15.7 Å². The summed E-state index contributed by atoms with van der Waals surface area (Å²) in [4.78, 5) is 0.411. The molecular formula is C16H26N2O2S. The number of nitrogens with two attached hydrogens (primary N) is 1. The Labute approximate surface area is 128 Å². The van der Waals surface area contributed by atoms with E-state index in [2.05, 4.69) is 0 Å². The average molecular weight is 310 g/mol. The van der Waals surface area contributed by atoms with E-state index >= 15 is 0 Å². The molecule has 0 bridgehead atoms. The topological polar surface area (TPSA) is 63.4 Å². The summed E-state index contributed by atoms with van der Waals surface area (Å²) in [6.07, 6.45) is 4.16. The lowest BCUT2D eigenvalue weighted by Crippen LogP contribution is -2.39. The van der Waals surface area contributed by atoms with E-state index in [0.717, 1.165) is 36.8 Å². The van der Waals surface area contributed by atoms with Gasteiger partial charge >= 0.3 is 0 Å². The van der Waals surface area contributed by atoms with Gasteiger partial charge < -0.3 is 5.73 Å². The van der Waals surface area contributed by atoms with Crippen LogP contribution in [0.4, 0.5) is 5.69 Å². The molecule has 0 heterocycles. The molecule has 0 spiro atoms. The zero-order valence-electron chi connectivity index (χ0n) is 13.4. The lowest BCUT2D eigenvalue weighted by atomic mass is 10.1. The largest absolute Gasteiger partial charge is 0.398 e. The SMILES string of the molecule is CCN(C1CCCC1)S(=O)(=O)c1c(C)c(C)cc(N)c1C. The lowest BCUT2D eigenvalue weighted by molar-refractivity contribution is 0.335. The Hall–Kier alpha value is -1.07. The summed E-state index contributed by atoms with van der Waals surface area (Å²) in [7, 11) is -3.49. The van der Waals surface area contributed by atoms with E-state index in [0.29, 0.717) is 22.7 Å². The number of aryl methyl sites for hydroxylation is 1. The number of sulfonamides is 1. The van der Waals surface area contributed by atoms with Gasteiger partial charge in [0.1, 0.15) is 0 Å². The van der Waals surface area contributed by atoms with Crippen LogP contribution in [0.25, 0.3) is 0 Å². The maximum Gasteiger partial charge on any atom is 0.243 e.